The average molecular weight is 415 g/mol. The van der Waals surface area contributed by atoms with E-state index in [1.165, 1.54) is 0 Å². The minimum absolute atomic E-state index is 0.0163. The van der Waals surface area contributed by atoms with Gasteiger partial charge in [-0.1, -0.05) is 19.4 Å². The summed E-state index contributed by atoms with van der Waals surface area (Å²) < 4.78 is 2.03. The molecule has 8 nitrogen and oxygen atoms in total. The topological polar surface area (TPSA) is 64.4 Å². The zero-order chi connectivity index (χ0) is 21.7. The lowest BCUT2D eigenvalue weighted by Crippen LogP contribution is -2.49. The van der Waals surface area contributed by atoms with Crippen LogP contribution in [0.2, 0.25) is 0 Å². The predicted octanol–water partition coefficient (Wildman–Crippen LogP) is 1.41. The van der Waals surface area contributed by atoms with Gasteiger partial charge in [0.1, 0.15) is 5.65 Å². The molecule has 0 aliphatic carbocycles. The van der Waals surface area contributed by atoms with Crippen LogP contribution in [-0.2, 0) is 11.3 Å². The van der Waals surface area contributed by atoms with Crippen molar-refractivity contribution >= 4 is 17.5 Å². The SMILES string of the molecule is CCCCN(C)C(=O)c1nc2ccccn2c1CN1CCN(CC(=O)N(C)C)CC1. The minimum atomic E-state index is -0.0163. The Kier molecular flexibility index (Phi) is 7.44. The van der Waals surface area contributed by atoms with Crippen LogP contribution < -0.4 is 0 Å². The number of hydrogen-bond acceptors (Lipinski definition) is 5. The van der Waals surface area contributed by atoms with E-state index in [1.54, 1.807) is 23.9 Å². The Morgan fingerprint density at radius 1 is 1.07 bits per heavy atom. The van der Waals surface area contributed by atoms with Crippen LogP contribution in [0.4, 0.5) is 0 Å². The fourth-order valence-corrected chi connectivity index (χ4v) is 3.70. The summed E-state index contributed by atoms with van der Waals surface area (Å²) in [6.45, 7) is 7.40. The Bertz CT molecular complexity index is 870. The maximum Gasteiger partial charge on any atom is 0.274 e. The molecule has 2 aromatic heterocycles. The third-order valence-electron chi connectivity index (χ3n) is 5.72. The van der Waals surface area contributed by atoms with E-state index in [0.717, 1.165) is 56.9 Å². The standard InChI is InChI=1S/C22H34N6O2/c1-5-6-10-25(4)22(30)21-18(28-11-8-7-9-19(28)23-21)16-26-12-14-27(15-13-26)17-20(29)24(2)3/h7-9,11H,5-6,10,12-17H2,1-4H3. The second-order valence-corrected chi connectivity index (χ2v) is 8.26. The third-order valence-corrected chi connectivity index (χ3v) is 5.72. The largest absolute Gasteiger partial charge is 0.348 e. The Balaban J connectivity index is 1.73. The molecule has 0 radical (unpaired) electrons. The molecule has 0 spiro atoms. The van der Waals surface area contributed by atoms with Crippen LogP contribution in [0, 0.1) is 0 Å². The van der Waals surface area contributed by atoms with E-state index in [1.807, 2.05) is 35.8 Å². The van der Waals surface area contributed by atoms with Crippen molar-refractivity contribution in [1.82, 2.24) is 29.0 Å². The van der Waals surface area contributed by atoms with Gasteiger partial charge in [-0.05, 0) is 18.6 Å². The summed E-state index contributed by atoms with van der Waals surface area (Å²) in [5, 5.41) is 0. The van der Waals surface area contributed by atoms with Gasteiger partial charge in [-0.3, -0.25) is 19.4 Å². The molecule has 0 aromatic carbocycles. The molecule has 0 N–H and O–H groups in total. The van der Waals surface area contributed by atoms with Gasteiger partial charge in [-0.25, -0.2) is 4.98 Å². The Labute approximate surface area is 179 Å². The summed E-state index contributed by atoms with van der Waals surface area (Å²) in [6, 6.07) is 5.86. The number of carbonyl (C=O) groups is 2. The lowest BCUT2D eigenvalue weighted by molar-refractivity contribution is -0.130. The van der Waals surface area contributed by atoms with Crippen LogP contribution in [-0.4, -0.2) is 101 Å². The normalized spacial score (nSPS) is 15.5. The molecule has 2 aromatic rings. The number of amides is 2. The van der Waals surface area contributed by atoms with E-state index in [0.29, 0.717) is 18.8 Å². The zero-order valence-electron chi connectivity index (χ0n) is 18.7. The van der Waals surface area contributed by atoms with E-state index in [2.05, 4.69) is 21.7 Å². The van der Waals surface area contributed by atoms with Crippen molar-refractivity contribution in [1.29, 1.82) is 0 Å². The summed E-state index contributed by atoms with van der Waals surface area (Å²) in [4.78, 5) is 37.7. The van der Waals surface area contributed by atoms with E-state index in [-0.39, 0.29) is 11.8 Å². The molecule has 0 atom stereocenters. The van der Waals surface area contributed by atoms with Crippen molar-refractivity contribution in [2.24, 2.45) is 0 Å². The molecule has 3 rings (SSSR count). The lowest BCUT2D eigenvalue weighted by Gasteiger charge is -2.34. The quantitative estimate of drug-likeness (QED) is 0.654. The van der Waals surface area contributed by atoms with Crippen molar-refractivity contribution < 1.29 is 9.59 Å². The highest BCUT2D eigenvalue weighted by Gasteiger charge is 2.25. The van der Waals surface area contributed by atoms with Crippen LogP contribution in [0.5, 0.6) is 0 Å². The van der Waals surface area contributed by atoms with Crippen molar-refractivity contribution in [2.75, 3.05) is 60.4 Å². The van der Waals surface area contributed by atoms with Gasteiger partial charge in [-0.2, -0.15) is 0 Å². The molecule has 30 heavy (non-hydrogen) atoms. The van der Waals surface area contributed by atoms with Gasteiger partial charge in [-0.15, -0.1) is 0 Å². The number of rotatable bonds is 8. The van der Waals surface area contributed by atoms with Gasteiger partial charge in [0.15, 0.2) is 5.69 Å². The van der Waals surface area contributed by atoms with Crippen LogP contribution in [0.1, 0.15) is 35.9 Å². The minimum Gasteiger partial charge on any atom is -0.348 e. The highest BCUT2D eigenvalue weighted by atomic mass is 16.2. The Hall–Kier alpha value is -2.45. The number of unbranched alkanes of at least 4 members (excludes halogenated alkanes) is 1. The molecule has 2 amide bonds. The van der Waals surface area contributed by atoms with Crippen molar-refractivity contribution in [3.63, 3.8) is 0 Å². The van der Waals surface area contributed by atoms with Crippen molar-refractivity contribution in [2.45, 2.75) is 26.3 Å². The summed E-state index contributed by atoms with van der Waals surface area (Å²) in [7, 11) is 5.44. The Morgan fingerprint density at radius 3 is 2.43 bits per heavy atom. The number of piperazine rings is 1. The van der Waals surface area contributed by atoms with Gasteiger partial charge in [0.25, 0.3) is 5.91 Å². The number of likely N-dealkylation sites (N-methyl/N-ethyl adjacent to an activating group) is 1. The summed E-state index contributed by atoms with van der Waals surface area (Å²) in [5.74, 6) is 0.116. The van der Waals surface area contributed by atoms with Crippen LogP contribution in [0.3, 0.4) is 0 Å². The van der Waals surface area contributed by atoms with E-state index >= 15 is 0 Å². The molecule has 1 aliphatic rings. The molecular weight excluding hydrogens is 380 g/mol. The number of hydrogen-bond donors (Lipinski definition) is 0. The number of fused-ring (bicyclic) bond motifs is 1. The monoisotopic (exact) mass is 414 g/mol. The molecular formula is C22H34N6O2. The van der Waals surface area contributed by atoms with Gasteiger partial charge in [0, 0.05) is 66.6 Å². The van der Waals surface area contributed by atoms with Crippen molar-refractivity contribution in [3.05, 3.63) is 35.8 Å². The predicted molar refractivity (Wildman–Crippen MR) is 117 cm³/mol. The number of aromatic nitrogens is 2. The average Bonchev–Trinajstić information content (AvgIpc) is 3.11. The molecule has 164 valence electrons. The first-order valence-corrected chi connectivity index (χ1v) is 10.8. The first-order valence-electron chi connectivity index (χ1n) is 10.8. The third kappa shape index (κ3) is 5.17. The lowest BCUT2D eigenvalue weighted by atomic mass is 10.2. The fraction of sp³-hybridized carbons (Fsp3) is 0.591. The summed E-state index contributed by atoms with van der Waals surface area (Å²) >= 11 is 0. The second kappa shape index (κ2) is 10.0. The smallest absolute Gasteiger partial charge is 0.274 e. The van der Waals surface area contributed by atoms with Gasteiger partial charge >= 0.3 is 0 Å². The first-order chi connectivity index (χ1) is 14.4. The molecule has 3 heterocycles. The van der Waals surface area contributed by atoms with Crippen LogP contribution in [0.25, 0.3) is 5.65 Å². The molecule has 0 unspecified atom stereocenters. The van der Waals surface area contributed by atoms with E-state index in [9.17, 15) is 9.59 Å². The molecule has 8 heteroatoms. The second-order valence-electron chi connectivity index (χ2n) is 8.26. The highest BCUT2D eigenvalue weighted by molar-refractivity contribution is 5.94. The summed E-state index contributed by atoms with van der Waals surface area (Å²) in [5.41, 5.74) is 2.29. The molecule has 1 saturated heterocycles. The zero-order valence-corrected chi connectivity index (χ0v) is 18.7. The Morgan fingerprint density at radius 2 is 1.77 bits per heavy atom. The van der Waals surface area contributed by atoms with Crippen LogP contribution in [0.15, 0.2) is 24.4 Å². The maximum atomic E-state index is 13.1. The molecule has 1 aliphatic heterocycles. The highest BCUT2D eigenvalue weighted by Crippen LogP contribution is 2.18. The molecule has 0 saturated carbocycles. The number of carbonyl (C=O) groups excluding carboxylic acids is 2. The number of nitrogens with zero attached hydrogens (tertiary/aromatic N) is 6. The first kappa shape index (κ1) is 22.2. The summed E-state index contributed by atoms with van der Waals surface area (Å²) in [6.07, 6.45) is 4.02. The van der Waals surface area contributed by atoms with Crippen LogP contribution >= 0.6 is 0 Å². The fourth-order valence-electron chi connectivity index (χ4n) is 3.70. The molecule has 0 bridgehead atoms. The van der Waals surface area contributed by atoms with E-state index < -0.39 is 0 Å². The van der Waals surface area contributed by atoms with Crippen molar-refractivity contribution in [3.8, 4) is 0 Å². The maximum absolute atomic E-state index is 13.1. The van der Waals surface area contributed by atoms with Gasteiger partial charge in [0.05, 0.1) is 12.2 Å². The van der Waals surface area contributed by atoms with Gasteiger partial charge in [0.2, 0.25) is 5.91 Å². The van der Waals surface area contributed by atoms with E-state index in [4.69, 9.17) is 0 Å². The molecule has 1 fully saturated rings. The number of imidazole rings is 1. The number of pyridine rings is 1. The van der Waals surface area contributed by atoms with Gasteiger partial charge < -0.3 is 14.2 Å².